The molecule has 1 aromatic carbocycles. The first kappa shape index (κ1) is 15.4. The van der Waals surface area contributed by atoms with Crippen LogP contribution in [-0.2, 0) is 9.59 Å². The van der Waals surface area contributed by atoms with E-state index >= 15 is 0 Å². The minimum absolute atomic E-state index is 0.110. The van der Waals surface area contributed by atoms with E-state index in [9.17, 15) is 9.59 Å². The van der Waals surface area contributed by atoms with Crippen molar-refractivity contribution in [1.82, 2.24) is 10.2 Å². The van der Waals surface area contributed by atoms with Crippen LogP contribution in [0.25, 0.3) is 0 Å². The molecule has 0 aromatic heterocycles. The molecule has 114 valence electrons. The molecule has 0 aliphatic carbocycles. The Balaban J connectivity index is 2.00. The number of piperazine rings is 1. The molecule has 2 amide bonds. The molecule has 0 spiro atoms. The fraction of sp³-hybridized carbons (Fsp3) is 0.500. The Labute approximate surface area is 125 Å². The number of nitrogens with zero attached hydrogens (tertiary/aromatic N) is 1. The number of nitrogens with one attached hydrogen (secondary N) is 1. The third kappa shape index (κ3) is 3.97. The molecule has 1 heterocycles. The van der Waals surface area contributed by atoms with Crippen LogP contribution in [0.2, 0.25) is 0 Å². The lowest BCUT2D eigenvalue weighted by atomic mass is 10.0. The van der Waals surface area contributed by atoms with Gasteiger partial charge in [0.25, 0.3) is 5.91 Å². The summed E-state index contributed by atoms with van der Waals surface area (Å²) in [7, 11) is 0. The number of ether oxygens (including phenoxy) is 1. The highest BCUT2D eigenvalue weighted by Gasteiger charge is 2.26. The third-order valence-corrected chi connectivity index (χ3v) is 3.54. The Morgan fingerprint density at radius 2 is 2.10 bits per heavy atom. The van der Waals surface area contributed by atoms with Crippen molar-refractivity contribution >= 4 is 11.8 Å². The van der Waals surface area contributed by atoms with Gasteiger partial charge in [0.1, 0.15) is 5.75 Å². The molecule has 2 rings (SSSR count). The van der Waals surface area contributed by atoms with Gasteiger partial charge in [-0.3, -0.25) is 9.59 Å². The first-order valence-electron chi connectivity index (χ1n) is 7.29. The van der Waals surface area contributed by atoms with Crippen molar-refractivity contribution < 1.29 is 14.3 Å². The summed E-state index contributed by atoms with van der Waals surface area (Å²) in [5.41, 5.74) is 1.17. The molecule has 0 radical (unpaired) electrons. The van der Waals surface area contributed by atoms with Gasteiger partial charge < -0.3 is 15.0 Å². The minimum Gasteiger partial charge on any atom is -0.481 e. The summed E-state index contributed by atoms with van der Waals surface area (Å²) in [6, 6.07) is 7.77. The molecule has 5 heteroatoms. The number of rotatable bonds is 4. The second-order valence-electron chi connectivity index (χ2n) is 5.60. The topological polar surface area (TPSA) is 58.6 Å². The summed E-state index contributed by atoms with van der Waals surface area (Å²) in [6.45, 7) is 7.08. The average molecular weight is 290 g/mol. The molecule has 1 fully saturated rings. The van der Waals surface area contributed by atoms with E-state index in [4.69, 9.17) is 4.74 Å². The van der Waals surface area contributed by atoms with Crippen LogP contribution in [0.1, 0.15) is 32.3 Å². The van der Waals surface area contributed by atoms with Crippen LogP contribution >= 0.6 is 0 Å². The fourth-order valence-electron chi connectivity index (χ4n) is 2.29. The van der Waals surface area contributed by atoms with Crippen molar-refractivity contribution in [3.63, 3.8) is 0 Å². The predicted molar refractivity (Wildman–Crippen MR) is 80.2 cm³/mol. The molecule has 1 atom stereocenters. The zero-order valence-electron chi connectivity index (χ0n) is 12.8. The lowest BCUT2D eigenvalue weighted by Gasteiger charge is -2.29. The van der Waals surface area contributed by atoms with E-state index in [0.29, 0.717) is 24.8 Å². The van der Waals surface area contributed by atoms with Crippen LogP contribution in [0.3, 0.4) is 0 Å². The van der Waals surface area contributed by atoms with Gasteiger partial charge in [-0.15, -0.1) is 0 Å². The van der Waals surface area contributed by atoms with Gasteiger partial charge in [-0.25, -0.2) is 0 Å². The average Bonchev–Trinajstić information content (AvgIpc) is 2.46. The third-order valence-electron chi connectivity index (χ3n) is 3.54. The molecule has 5 nitrogen and oxygen atoms in total. The zero-order chi connectivity index (χ0) is 15.4. The van der Waals surface area contributed by atoms with Crippen molar-refractivity contribution in [2.24, 2.45) is 0 Å². The molecule has 1 unspecified atom stereocenters. The van der Waals surface area contributed by atoms with Gasteiger partial charge in [-0.1, -0.05) is 26.0 Å². The molecular weight excluding hydrogens is 268 g/mol. The van der Waals surface area contributed by atoms with E-state index in [1.165, 1.54) is 10.5 Å². The molecule has 21 heavy (non-hydrogen) atoms. The fourth-order valence-corrected chi connectivity index (χ4v) is 2.29. The van der Waals surface area contributed by atoms with Crippen molar-refractivity contribution in [3.8, 4) is 5.75 Å². The van der Waals surface area contributed by atoms with Crippen LogP contribution in [0.15, 0.2) is 24.3 Å². The van der Waals surface area contributed by atoms with Crippen LogP contribution < -0.4 is 10.1 Å². The highest BCUT2D eigenvalue weighted by atomic mass is 16.5. The molecular formula is C16H22N2O3. The van der Waals surface area contributed by atoms with Crippen molar-refractivity contribution in [3.05, 3.63) is 29.8 Å². The number of hydrogen-bond acceptors (Lipinski definition) is 3. The smallest absolute Gasteiger partial charge is 0.263 e. The van der Waals surface area contributed by atoms with Gasteiger partial charge in [0, 0.05) is 13.1 Å². The summed E-state index contributed by atoms with van der Waals surface area (Å²) < 4.78 is 5.73. The SMILES string of the molecule is CC(Oc1cccc(C(C)C)c1)C(=O)N1CCNC(=O)C1. The molecule has 1 aromatic rings. The van der Waals surface area contributed by atoms with Crippen molar-refractivity contribution in [1.29, 1.82) is 0 Å². The van der Waals surface area contributed by atoms with Crippen LogP contribution in [0, 0.1) is 0 Å². The second kappa shape index (κ2) is 6.61. The lowest BCUT2D eigenvalue weighted by Crippen LogP contribution is -2.53. The van der Waals surface area contributed by atoms with E-state index < -0.39 is 6.10 Å². The van der Waals surface area contributed by atoms with E-state index in [1.54, 1.807) is 6.92 Å². The van der Waals surface area contributed by atoms with E-state index in [-0.39, 0.29) is 18.4 Å². The van der Waals surface area contributed by atoms with E-state index in [0.717, 1.165) is 0 Å². The van der Waals surface area contributed by atoms with Gasteiger partial charge in [0.15, 0.2) is 6.10 Å². The Morgan fingerprint density at radius 3 is 2.76 bits per heavy atom. The molecule has 1 aliphatic rings. The van der Waals surface area contributed by atoms with Gasteiger partial charge in [-0.05, 0) is 30.5 Å². The van der Waals surface area contributed by atoms with E-state index in [1.807, 2.05) is 24.3 Å². The second-order valence-corrected chi connectivity index (χ2v) is 5.60. The highest BCUT2D eigenvalue weighted by Crippen LogP contribution is 2.21. The number of benzene rings is 1. The van der Waals surface area contributed by atoms with Crippen molar-refractivity contribution in [2.45, 2.75) is 32.8 Å². The Morgan fingerprint density at radius 1 is 1.33 bits per heavy atom. The van der Waals surface area contributed by atoms with Gasteiger partial charge in [-0.2, -0.15) is 0 Å². The Bertz CT molecular complexity index is 528. The zero-order valence-corrected chi connectivity index (χ0v) is 12.8. The number of carbonyl (C=O) groups is 2. The molecule has 1 N–H and O–H groups in total. The standard InChI is InChI=1S/C16H22N2O3/c1-11(2)13-5-4-6-14(9-13)21-12(3)16(20)18-8-7-17-15(19)10-18/h4-6,9,11-12H,7-8,10H2,1-3H3,(H,17,19). The maximum Gasteiger partial charge on any atom is 0.263 e. The first-order chi connectivity index (χ1) is 9.97. The Hall–Kier alpha value is -2.04. The van der Waals surface area contributed by atoms with Crippen LogP contribution in [-0.4, -0.2) is 42.5 Å². The summed E-state index contributed by atoms with van der Waals surface area (Å²) in [6.07, 6.45) is -0.599. The monoisotopic (exact) mass is 290 g/mol. The van der Waals surface area contributed by atoms with Gasteiger partial charge >= 0.3 is 0 Å². The molecule has 1 aliphatic heterocycles. The van der Waals surface area contributed by atoms with Crippen LogP contribution in [0.5, 0.6) is 5.75 Å². The van der Waals surface area contributed by atoms with Crippen LogP contribution in [0.4, 0.5) is 0 Å². The molecule has 0 bridgehead atoms. The molecule has 1 saturated heterocycles. The predicted octanol–water partition coefficient (Wildman–Crippen LogP) is 1.54. The van der Waals surface area contributed by atoms with E-state index in [2.05, 4.69) is 19.2 Å². The summed E-state index contributed by atoms with van der Waals surface area (Å²) in [5.74, 6) is 0.817. The summed E-state index contributed by atoms with van der Waals surface area (Å²) in [4.78, 5) is 25.2. The lowest BCUT2D eigenvalue weighted by molar-refractivity contribution is -0.143. The quantitative estimate of drug-likeness (QED) is 0.915. The van der Waals surface area contributed by atoms with Gasteiger partial charge in [0.2, 0.25) is 5.91 Å². The van der Waals surface area contributed by atoms with Crippen molar-refractivity contribution in [2.75, 3.05) is 19.6 Å². The largest absolute Gasteiger partial charge is 0.481 e. The normalized spacial score (nSPS) is 16.6. The maximum atomic E-state index is 12.3. The number of amides is 2. The summed E-state index contributed by atoms with van der Waals surface area (Å²) >= 11 is 0. The minimum atomic E-state index is -0.599. The number of hydrogen-bond donors (Lipinski definition) is 1. The highest BCUT2D eigenvalue weighted by molar-refractivity contribution is 5.88. The molecule has 0 saturated carbocycles. The Kier molecular flexibility index (Phi) is 4.83. The summed E-state index contributed by atoms with van der Waals surface area (Å²) in [5, 5.41) is 2.70. The maximum absolute atomic E-state index is 12.3. The number of carbonyl (C=O) groups excluding carboxylic acids is 2. The first-order valence-corrected chi connectivity index (χ1v) is 7.29. The van der Waals surface area contributed by atoms with Gasteiger partial charge in [0.05, 0.1) is 6.54 Å².